The number of anilines is 3. The lowest BCUT2D eigenvalue weighted by Crippen LogP contribution is -2.10. The lowest BCUT2D eigenvalue weighted by atomic mass is 10.1. The molecule has 9 aromatic rings. The van der Waals surface area contributed by atoms with Crippen molar-refractivity contribution in [1.29, 1.82) is 0 Å². The molecule has 0 bridgehead atoms. The highest BCUT2D eigenvalue weighted by molar-refractivity contribution is 7.21. The number of rotatable bonds is 6. The highest BCUT2D eigenvalue weighted by Gasteiger charge is 2.18. The van der Waals surface area contributed by atoms with Gasteiger partial charge in [0, 0.05) is 52.2 Å². The summed E-state index contributed by atoms with van der Waals surface area (Å²) in [6.07, 6.45) is 3.87. The zero-order valence-corrected chi connectivity index (χ0v) is 25.7. The molecule has 4 aromatic heterocycles. The molecule has 0 aliphatic heterocycles. The Bertz CT molecular complexity index is 2330. The molecule has 0 aliphatic carbocycles. The number of aromatic nitrogens is 4. The van der Waals surface area contributed by atoms with Gasteiger partial charge in [0.15, 0.2) is 5.58 Å². The van der Waals surface area contributed by atoms with Crippen LogP contribution in [-0.4, -0.2) is 24.5 Å². The van der Waals surface area contributed by atoms with Crippen LogP contribution in [0.4, 0.5) is 17.1 Å². The summed E-state index contributed by atoms with van der Waals surface area (Å²) >= 11 is 1.68. The Hall–Kier alpha value is -6.25. The van der Waals surface area contributed by atoms with Crippen molar-refractivity contribution in [3.8, 4) is 39.0 Å². The van der Waals surface area contributed by atoms with E-state index in [0.29, 0.717) is 17.1 Å². The second kappa shape index (κ2) is 11.0. The van der Waals surface area contributed by atoms with Crippen LogP contribution >= 0.6 is 11.3 Å². The standard InChI is InChI=1S/C39H25N5O2S/c45-34-23-29(20-21-30(34)33-24-43-22-6-5-11-37(43)40-33)44(27-16-12-25(13-17-27)38-41-31-7-1-3-9-35(31)46-38)28-18-14-26(15-19-28)39-42-32-8-2-4-10-36(32)47-39/h1-24,45H. The molecule has 4 heterocycles. The van der Waals surface area contributed by atoms with Crippen molar-refractivity contribution in [2.75, 3.05) is 4.90 Å². The summed E-state index contributed by atoms with van der Waals surface area (Å²) in [6, 6.07) is 44.0. The number of phenols is 1. The minimum atomic E-state index is 0.144. The zero-order chi connectivity index (χ0) is 31.3. The third kappa shape index (κ3) is 4.88. The molecule has 0 saturated carbocycles. The van der Waals surface area contributed by atoms with Crippen molar-refractivity contribution in [3.05, 3.63) is 146 Å². The SMILES string of the molecule is Oc1cc(N(c2ccc(-c3nc4ccccc4o3)cc2)c2ccc(-c3nc4ccccc4s3)cc2)ccc1-c1cn2ccccc2n1. The molecule has 9 rings (SSSR count). The average Bonchev–Trinajstić information content (AvgIpc) is 3.86. The maximum absolute atomic E-state index is 11.3. The minimum Gasteiger partial charge on any atom is -0.507 e. The van der Waals surface area contributed by atoms with Crippen LogP contribution in [0.3, 0.4) is 0 Å². The van der Waals surface area contributed by atoms with Gasteiger partial charge in [-0.15, -0.1) is 11.3 Å². The van der Waals surface area contributed by atoms with Crippen molar-refractivity contribution >= 4 is 55.4 Å². The van der Waals surface area contributed by atoms with E-state index in [4.69, 9.17) is 14.4 Å². The highest BCUT2D eigenvalue weighted by atomic mass is 32.1. The summed E-state index contributed by atoms with van der Waals surface area (Å²) in [5.41, 5.74) is 9.33. The number of imidazole rings is 1. The normalized spacial score (nSPS) is 11.5. The Morgan fingerprint density at radius 3 is 2.09 bits per heavy atom. The van der Waals surface area contributed by atoms with E-state index in [9.17, 15) is 5.11 Å². The van der Waals surface area contributed by atoms with Crippen LogP contribution in [0.25, 0.3) is 60.2 Å². The first kappa shape index (κ1) is 27.1. The molecule has 0 fully saturated rings. The van der Waals surface area contributed by atoms with Crippen molar-refractivity contribution in [2.24, 2.45) is 0 Å². The summed E-state index contributed by atoms with van der Waals surface area (Å²) < 4.78 is 9.13. The van der Waals surface area contributed by atoms with E-state index >= 15 is 0 Å². The molecule has 5 aromatic carbocycles. The number of fused-ring (bicyclic) bond motifs is 3. The molecule has 0 atom stereocenters. The highest BCUT2D eigenvalue weighted by Crippen LogP contribution is 2.41. The number of pyridine rings is 1. The first-order valence-electron chi connectivity index (χ1n) is 15.2. The van der Waals surface area contributed by atoms with E-state index in [-0.39, 0.29) is 5.75 Å². The van der Waals surface area contributed by atoms with Gasteiger partial charge in [-0.25, -0.2) is 15.0 Å². The Morgan fingerprint density at radius 2 is 1.34 bits per heavy atom. The maximum Gasteiger partial charge on any atom is 0.227 e. The number of oxazole rings is 1. The van der Waals surface area contributed by atoms with Gasteiger partial charge in [0.1, 0.15) is 21.9 Å². The summed E-state index contributed by atoms with van der Waals surface area (Å²) in [6.45, 7) is 0. The Kier molecular flexibility index (Phi) is 6.33. The van der Waals surface area contributed by atoms with Gasteiger partial charge in [0.2, 0.25) is 5.89 Å². The van der Waals surface area contributed by atoms with E-state index < -0.39 is 0 Å². The smallest absolute Gasteiger partial charge is 0.227 e. The second-order valence-electron chi connectivity index (χ2n) is 11.2. The monoisotopic (exact) mass is 627 g/mol. The Morgan fingerprint density at radius 1 is 0.638 bits per heavy atom. The van der Waals surface area contributed by atoms with Crippen LogP contribution in [-0.2, 0) is 0 Å². The summed E-state index contributed by atoms with van der Waals surface area (Å²) in [5, 5.41) is 12.3. The van der Waals surface area contributed by atoms with E-state index in [2.05, 4.69) is 40.2 Å². The third-order valence-corrected chi connectivity index (χ3v) is 9.30. The van der Waals surface area contributed by atoms with Gasteiger partial charge < -0.3 is 18.8 Å². The Labute approximate surface area is 273 Å². The van der Waals surface area contributed by atoms with E-state index in [1.165, 1.54) is 0 Å². The molecular weight excluding hydrogens is 603 g/mol. The molecule has 47 heavy (non-hydrogen) atoms. The van der Waals surface area contributed by atoms with Crippen LogP contribution in [0.15, 0.2) is 150 Å². The largest absolute Gasteiger partial charge is 0.507 e. The number of benzene rings is 5. The number of aromatic hydroxyl groups is 1. The number of para-hydroxylation sites is 3. The van der Waals surface area contributed by atoms with Gasteiger partial charge in [0.25, 0.3) is 0 Å². The number of phenolic OH excluding ortho intramolecular Hbond substituents is 1. The van der Waals surface area contributed by atoms with Gasteiger partial charge in [-0.05, 0) is 97.1 Å². The first-order valence-corrected chi connectivity index (χ1v) is 16.0. The van der Waals surface area contributed by atoms with Gasteiger partial charge >= 0.3 is 0 Å². The van der Waals surface area contributed by atoms with Gasteiger partial charge in [-0.3, -0.25) is 0 Å². The van der Waals surface area contributed by atoms with Crippen LogP contribution < -0.4 is 4.90 Å². The summed E-state index contributed by atoms with van der Waals surface area (Å²) in [5.74, 6) is 0.712. The summed E-state index contributed by atoms with van der Waals surface area (Å²) in [7, 11) is 0. The predicted octanol–water partition coefficient (Wildman–Crippen LogP) is 10.3. The quantitative estimate of drug-likeness (QED) is 0.198. The van der Waals surface area contributed by atoms with Crippen LogP contribution in [0.1, 0.15) is 0 Å². The molecule has 0 amide bonds. The first-order chi connectivity index (χ1) is 23.2. The fourth-order valence-electron chi connectivity index (χ4n) is 5.88. The lowest BCUT2D eigenvalue weighted by molar-refractivity contribution is 0.477. The van der Waals surface area contributed by atoms with Crippen LogP contribution in [0, 0.1) is 0 Å². The van der Waals surface area contributed by atoms with Crippen molar-refractivity contribution in [3.63, 3.8) is 0 Å². The number of thiazole rings is 1. The molecule has 0 saturated heterocycles. The molecule has 224 valence electrons. The number of nitrogens with zero attached hydrogens (tertiary/aromatic N) is 5. The van der Waals surface area contributed by atoms with Crippen molar-refractivity contribution < 1.29 is 9.52 Å². The minimum absolute atomic E-state index is 0.144. The number of hydrogen-bond acceptors (Lipinski definition) is 7. The lowest BCUT2D eigenvalue weighted by Gasteiger charge is -2.26. The fraction of sp³-hybridized carbons (Fsp3) is 0. The topological polar surface area (TPSA) is 79.7 Å². The molecule has 7 nitrogen and oxygen atoms in total. The molecule has 8 heteroatoms. The van der Waals surface area contributed by atoms with E-state index in [1.54, 1.807) is 17.4 Å². The van der Waals surface area contributed by atoms with Gasteiger partial charge in [-0.1, -0.05) is 30.3 Å². The van der Waals surface area contributed by atoms with Crippen molar-refractivity contribution in [1.82, 2.24) is 19.4 Å². The molecular formula is C39H25N5O2S. The molecule has 1 N–H and O–H groups in total. The third-order valence-electron chi connectivity index (χ3n) is 8.21. The molecule has 0 spiro atoms. The second-order valence-corrected chi connectivity index (χ2v) is 12.2. The Balaban J connectivity index is 1.11. The van der Waals surface area contributed by atoms with Gasteiger partial charge in [0.05, 0.1) is 15.9 Å². The van der Waals surface area contributed by atoms with E-state index in [0.717, 1.165) is 60.2 Å². The van der Waals surface area contributed by atoms with Crippen molar-refractivity contribution in [2.45, 2.75) is 0 Å². The average molecular weight is 628 g/mol. The van der Waals surface area contributed by atoms with Crippen LogP contribution in [0.5, 0.6) is 5.75 Å². The van der Waals surface area contributed by atoms with E-state index in [1.807, 2.05) is 114 Å². The molecule has 0 unspecified atom stereocenters. The van der Waals surface area contributed by atoms with Gasteiger partial charge in [-0.2, -0.15) is 0 Å². The fourth-order valence-corrected chi connectivity index (χ4v) is 6.86. The molecule has 0 radical (unpaired) electrons. The zero-order valence-electron chi connectivity index (χ0n) is 24.9. The van der Waals surface area contributed by atoms with Crippen LogP contribution in [0.2, 0.25) is 0 Å². The summed E-state index contributed by atoms with van der Waals surface area (Å²) in [4.78, 5) is 16.3. The predicted molar refractivity (Wildman–Crippen MR) is 189 cm³/mol. The number of hydrogen-bond donors (Lipinski definition) is 1. The maximum atomic E-state index is 11.3. The molecule has 0 aliphatic rings.